The number of pyridine rings is 1. The van der Waals surface area contributed by atoms with Crippen LogP contribution < -0.4 is 11.3 Å². The molecular weight excluding hydrogens is 480 g/mol. The van der Waals surface area contributed by atoms with Crippen molar-refractivity contribution in [2.45, 2.75) is 5.54 Å². The number of imidazole rings is 1. The van der Waals surface area contributed by atoms with Crippen molar-refractivity contribution >= 4 is 33.3 Å². The van der Waals surface area contributed by atoms with E-state index in [2.05, 4.69) is 35.3 Å². The summed E-state index contributed by atoms with van der Waals surface area (Å²) in [6, 6.07) is 29.8. The molecule has 182 valence electrons. The van der Waals surface area contributed by atoms with Gasteiger partial charge in [0.05, 0.1) is 23.7 Å². The summed E-state index contributed by atoms with van der Waals surface area (Å²) in [5.41, 5.74) is 11.6. The first-order chi connectivity index (χ1) is 17.9. The molecule has 37 heavy (non-hydrogen) atoms. The lowest BCUT2D eigenvalue weighted by Crippen LogP contribution is -2.41. The molecule has 2 heterocycles. The summed E-state index contributed by atoms with van der Waals surface area (Å²) in [7, 11) is 3.74. The molecule has 6 heteroatoms. The van der Waals surface area contributed by atoms with E-state index in [0.717, 1.165) is 49.6 Å². The number of aromatic nitrogens is 3. The molecule has 5 nitrogen and oxygen atoms in total. The van der Waals surface area contributed by atoms with Gasteiger partial charge >= 0.3 is 0 Å². The predicted molar refractivity (Wildman–Crippen MR) is 151 cm³/mol. The Hall–Kier alpha value is -4.19. The maximum atomic E-state index is 13.0. The number of hydrogen-bond acceptors (Lipinski definition) is 3. The highest BCUT2D eigenvalue weighted by Gasteiger charge is 2.35. The molecule has 0 aliphatic carbocycles. The van der Waals surface area contributed by atoms with Gasteiger partial charge in [-0.25, -0.2) is 4.98 Å². The second kappa shape index (κ2) is 8.73. The third kappa shape index (κ3) is 3.67. The van der Waals surface area contributed by atoms with Crippen LogP contribution >= 0.6 is 11.6 Å². The van der Waals surface area contributed by atoms with Gasteiger partial charge in [0.15, 0.2) is 0 Å². The van der Waals surface area contributed by atoms with E-state index in [1.54, 1.807) is 30.2 Å². The zero-order valence-corrected chi connectivity index (χ0v) is 21.3. The van der Waals surface area contributed by atoms with Crippen LogP contribution in [0.3, 0.4) is 0 Å². The Morgan fingerprint density at radius 3 is 2.30 bits per heavy atom. The predicted octanol–water partition coefficient (Wildman–Crippen LogP) is 6.00. The van der Waals surface area contributed by atoms with Crippen LogP contribution in [0.15, 0.2) is 108 Å². The van der Waals surface area contributed by atoms with Crippen LogP contribution in [0, 0.1) is 0 Å². The van der Waals surface area contributed by atoms with Crippen molar-refractivity contribution in [2.24, 2.45) is 19.8 Å². The van der Waals surface area contributed by atoms with Crippen molar-refractivity contribution in [1.29, 1.82) is 0 Å². The first-order valence-electron chi connectivity index (χ1n) is 12.0. The largest absolute Gasteiger partial charge is 0.336 e. The summed E-state index contributed by atoms with van der Waals surface area (Å²) >= 11 is 6.22. The van der Waals surface area contributed by atoms with Crippen LogP contribution in [0.1, 0.15) is 16.8 Å². The molecule has 0 fully saturated rings. The van der Waals surface area contributed by atoms with Crippen LogP contribution in [0.25, 0.3) is 32.8 Å². The van der Waals surface area contributed by atoms with Gasteiger partial charge < -0.3 is 14.9 Å². The Balaban J connectivity index is 1.69. The number of halogens is 1. The molecule has 0 radical (unpaired) electrons. The van der Waals surface area contributed by atoms with E-state index in [9.17, 15) is 4.79 Å². The van der Waals surface area contributed by atoms with Gasteiger partial charge in [-0.3, -0.25) is 4.79 Å². The number of fused-ring (bicyclic) bond motifs is 2. The van der Waals surface area contributed by atoms with Crippen molar-refractivity contribution < 1.29 is 0 Å². The zero-order valence-electron chi connectivity index (χ0n) is 20.5. The third-order valence-corrected chi connectivity index (χ3v) is 7.55. The topological polar surface area (TPSA) is 65.8 Å². The van der Waals surface area contributed by atoms with Gasteiger partial charge in [0.2, 0.25) is 0 Å². The molecule has 0 aliphatic rings. The van der Waals surface area contributed by atoms with Crippen molar-refractivity contribution in [1.82, 2.24) is 14.1 Å². The Bertz CT molecular complexity index is 1850. The SMILES string of the molecule is Cn1cncc1C(N)(c1ccc(Cl)cc1)c1ccc2c(c1)c(-c1cccc3ccccc13)cc(=O)n2C. The summed E-state index contributed by atoms with van der Waals surface area (Å²) in [6.07, 6.45) is 3.55. The van der Waals surface area contributed by atoms with E-state index >= 15 is 0 Å². The van der Waals surface area contributed by atoms with Crippen LogP contribution in [-0.2, 0) is 19.6 Å². The van der Waals surface area contributed by atoms with E-state index in [4.69, 9.17) is 17.3 Å². The number of nitrogens with zero attached hydrogens (tertiary/aromatic N) is 3. The van der Waals surface area contributed by atoms with Gasteiger partial charge in [-0.05, 0) is 57.3 Å². The quantitative estimate of drug-likeness (QED) is 0.320. The van der Waals surface area contributed by atoms with Crippen molar-refractivity contribution in [2.75, 3.05) is 0 Å². The molecule has 0 bridgehead atoms. The molecule has 2 aromatic heterocycles. The fraction of sp³-hybridized carbons (Fsp3) is 0.0968. The standard InChI is InChI=1S/C31H25ClN4O/c1-35-19-34-18-29(35)31(33,21-10-13-23(32)14-11-21)22-12-15-28-27(16-22)26(17-30(37)36(28)2)25-9-5-7-20-6-3-4-8-24(20)25/h3-19H,33H2,1-2H3. The molecule has 6 rings (SSSR count). The second-order valence-electron chi connectivity index (χ2n) is 9.42. The normalized spacial score (nSPS) is 13.2. The van der Waals surface area contributed by atoms with Gasteiger partial charge in [-0.15, -0.1) is 0 Å². The minimum atomic E-state index is -1.01. The molecule has 0 saturated carbocycles. The Kier molecular flexibility index (Phi) is 5.48. The monoisotopic (exact) mass is 504 g/mol. The summed E-state index contributed by atoms with van der Waals surface area (Å²) in [4.78, 5) is 17.4. The lowest BCUT2D eigenvalue weighted by Gasteiger charge is -2.31. The summed E-state index contributed by atoms with van der Waals surface area (Å²) in [6.45, 7) is 0. The highest BCUT2D eigenvalue weighted by atomic mass is 35.5. The summed E-state index contributed by atoms with van der Waals surface area (Å²) in [5.74, 6) is 0. The van der Waals surface area contributed by atoms with E-state index in [0.29, 0.717) is 5.02 Å². The van der Waals surface area contributed by atoms with Gasteiger partial charge in [-0.1, -0.05) is 72.3 Å². The average Bonchev–Trinajstić information content (AvgIpc) is 3.36. The van der Waals surface area contributed by atoms with Crippen LogP contribution in [0.4, 0.5) is 0 Å². The lowest BCUT2D eigenvalue weighted by atomic mass is 9.80. The minimum Gasteiger partial charge on any atom is -0.336 e. The zero-order chi connectivity index (χ0) is 25.7. The number of aryl methyl sites for hydroxylation is 2. The fourth-order valence-corrected chi connectivity index (χ4v) is 5.43. The molecule has 1 atom stereocenters. The summed E-state index contributed by atoms with van der Waals surface area (Å²) in [5, 5.41) is 3.80. The maximum absolute atomic E-state index is 13.0. The van der Waals surface area contributed by atoms with Gasteiger partial charge in [0.25, 0.3) is 5.56 Å². The third-order valence-electron chi connectivity index (χ3n) is 7.30. The fourth-order valence-electron chi connectivity index (χ4n) is 5.30. The summed E-state index contributed by atoms with van der Waals surface area (Å²) < 4.78 is 3.61. The van der Waals surface area contributed by atoms with Gasteiger partial charge in [0.1, 0.15) is 5.54 Å². The van der Waals surface area contributed by atoms with Crippen LogP contribution in [0.2, 0.25) is 5.02 Å². The van der Waals surface area contributed by atoms with Gasteiger partial charge in [0, 0.05) is 30.6 Å². The van der Waals surface area contributed by atoms with E-state index in [1.165, 1.54) is 0 Å². The molecule has 0 amide bonds. The van der Waals surface area contributed by atoms with E-state index in [1.807, 2.05) is 66.2 Å². The highest BCUT2D eigenvalue weighted by molar-refractivity contribution is 6.30. The Morgan fingerprint density at radius 1 is 0.811 bits per heavy atom. The minimum absolute atomic E-state index is 0.0634. The molecule has 4 aromatic carbocycles. The smallest absolute Gasteiger partial charge is 0.251 e. The number of hydrogen-bond donors (Lipinski definition) is 1. The molecule has 0 saturated heterocycles. The molecule has 0 spiro atoms. The van der Waals surface area contributed by atoms with Crippen molar-refractivity contribution in [3.8, 4) is 11.1 Å². The highest BCUT2D eigenvalue weighted by Crippen LogP contribution is 2.38. The number of nitrogens with two attached hydrogens (primary N) is 1. The average molecular weight is 505 g/mol. The van der Waals surface area contributed by atoms with Crippen molar-refractivity contribution in [3.63, 3.8) is 0 Å². The van der Waals surface area contributed by atoms with E-state index in [-0.39, 0.29) is 5.56 Å². The molecule has 6 aromatic rings. The molecule has 0 aliphatic heterocycles. The van der Waals surface area contributed by atoms with E-state index < -0.39 is 5.54 Å². The van der Waals surface area contributed by atoms with Crippen LogP contribution in [-0.4, -0.2) is 14.1 Å². The van der Waals surface area contributed by atoms with Crippen molar-refractivity contribution in [3.05, 3.63) is 136 Å². The number of rotatable bonds is 4. The first-order valence-corrected chi connectivity index (χ1v) is 12.4. The Labute approximate surface area is 219 Å². The lowest BCUT2D eigenvalue weighted by molar-refractivity contribution is 0.596. The molecule has 2 N–H and O–H groups in total. The first kappa shape index (κ1) is 23.2. The van der Waals surface area contributed by atoms with Gasteiger partial charge in [-0.2, -0.15) is 0 Å². The second-order valence-corrected chi connectivity index (χ2v) is 9.86. The maximum Gasteiger partial charge on any atom is 0.251 e. The Morgan fingerprint density at radius 2 is 1.54 bits per heavy atom. The number of benzene rings is 4. The molecule has 1 unspecified atom stereocenters. The van der Waals surface area contributed by atoms with Crippen LogP contribution in [0.5, 0.6) is 0 Å². The molecular formula is C31H25ClN4O.